The highest BCUT2D eigenvalue weighted by molar-refractivity contribution is 9.10. The molecule has 0 radical (unpaired) electrons. The molecule has 0 fully saturated rings. The summed E-state index contributed by atoms with van der Waals surface area (Å²) in [4.78, 5) is 13.5. The van der Waals surface area contributed by atoms with E-state index in [4.69, 9.17) is 5.73 Å². The number of hydrogen-bond donors (Lipinski definition) is 1. The molecule has 0 heterocycles. The highest BCUT2D eigenvalue weighted by Gasteiger charge is 2.10. The zero-order valence-electron chi connectivity index (χ0n) is 10.5. The Kier molecular flexibility index (Phi) is 5.81. The predicted octanol–water partition coefficient (Wildman–Crippen LogP) is 2.01. The zero-order valence-corrected chi connectivity index (χ0v) is 12.9. The molecule has 4 nitrogen and oxygen atoms in total. The topological polar surface area (TPSA) is 63.4 Å². The van der Waals surface area contributed by atoms with Gasteiger partial charge >= 0.3 is 0 Å². The number of nitrogens with two attached hydrogens (primary N) is 1. The van der Waals surface area contributed by atoms with Gasteiger partial charge in [-0.25, -0.2) is 0 Å². The van der Waals surface area contributed by atoms with E-state index < -0.39 is 10.8 Å². The molecule has 18 heavy (non-hydrogen) atoms. The van der Waals surface area contributed by atoms with Gasteiger partial charge in [0.25, 0.3) is 0 Å². The van der Waals surface area contributed by atoms with Gasteiger partial charge in [-0.1, -0.05) is 15.9 Å². The molecule has 0 saturated carbocycles. The van der Waals surface area contributed by atoms with E-state index in [0.29, 0.717) is 29.2 Å². The second-order valence-electron chi connectivity index (χ2n) is 4.12. The number of carbonyl (C=O) groups is 1. The van der Waals surface area contributed by atoms with Crippen LogP contribution in [-0.2, 0) is 15.6 Å². The maximum Gasteiger partial charge on any atom is 0.222 e. The molecule has 0 spiro atoms. The Bertz CT molecular complexity index is 463. The third-order valence-corrected chi connectivity index (χ3v) is 4.45. The van der Waals surface area contributed by atoms with Gasteiger partial charge in [-0.2, -0.15) is 0 Å². The number of anilines is 1. The fraction of sp³-hybridized carbons (Fsp3) is 0.417. The van der Waals surface area contributed by atoms with Crippen LogP contribution in [0.2, 0.25) is 0 Å². The van der Waals surface area contributed by atoms with E-state index in [1.807, 2.05) is 6.07 Å². The fourth-order valence-corrected chi connectivity index (χ4v) is 2.96. The van der Waals surface area contributed by atoms with Gasteiger partial charge in [0.2, 0.25) is 5.91 Å². The molecule has 2 N–H and O–H groups in total. The molecular weight excluding hydrogens is 316 g/mol. The number of rotatable bonds is 5. The van der Waals surface area contributed by atoms with Crippen molar-refractivity contribution in [3.63, 3.8) is 0 Å². The van der Waals surface area contributed by atoms with Crippen LogP contribution < -0.4 is 5.73 Å². The number of nitrogen functional groups attached to an aromatic ring is 1. The molecule has 0 saturated heterocycles. The number of halogens is 1. The summed E-state index contributed by atoms with van der Waals surface area (Å²) in [6, 6.07) is 5.30. The summed E-state index contributed by atoms with van der Waals surface area (Å²) in [5, 5.41) is 0. The van der Waals surface area contributed by atoms with Gasteiger partial charge in [-0.05, 0) is 24.6 Å². The number of benzene rings is 1. The Hall–Kier alpha value is -0.880. The van der Waals surface area contributed by atoms with E-state index in [-0.39, 0.29) is 5.91 Å². The smallest absolute Gasteiger partial charge is 0.222 e. The Balaban J connectivity index is 2.53. The molecule has 0 aliphatic carbocycles. The van der Waals surface area contributed by atoms with E-state index in [9.17, 15) is 9.00 Å². The average Bonchev–Trinajstić information content (AvgIpc) is 2.28. The zero-order chi connectivity index (χ0) is 13.7. The number of nitrogens with zero attached hydrogens (tertiary/aromatic N) is 1. The molecule has 1 aromatic carbocycles. The van der Waals surface area contributed by atoms with Gasteiger partial charge in [0.05, 0.1) is 15.7 Å². The van der Waals surface area contributed by atoms with Gasteiger partial charge in [-0.3, -0.25) is 9.00 Å². The van der Waals surface area contributed by atoms with Crippen molar-refractivity contribution in [3.8, 4) is 0 Å². The number of amides is 1. The lowest BCUT2D eigenvalue weighted by Gasteiger charge is -2.10. The molecular formula is C12H17BrN2O2S. The molecule has 1 amide bonds. The molecule has 1 aromatic rings. The van der Waals surface area contributed by atoms with Crippen LogP contribution in [0.1, 0.15) is 12.8 Å². The van der Waals surface area contributed by atoms with Crippen LogP contribution in [-0.4, -0.2) is 34.9 Å². The first-order valence-corrected chi connectivity index (χ1v) is 7.66. The summed E-state index contributed by atoms with van der Waals surface area (Å²) in [5.74, 6) is 0.501. The first-order valence-electron chi connectivity index (χ1n) is 5.55. The summed E-state index contributed by atoms with van der Waals surface area (Å²) >= 11 is 3.30. The van der Waals surface area contributed by atoms with Gasteiger partial charge in [0.1, 0.15) is 0 Å². The molecule has 0 bridgehead atoms. The van der Waals surface area contributed by atoms with Crippen molar-refractivity contribution >= 4 is 38.3 Å². The molecule has 6 heteroatoms. The van der Waals surface area contributed by atoms with E-state index in [1.54, 1.807) is 26.2 Å². The first-order chi connectivity index (χ1) is 8.41. The van der Waals surface area contributed by atoms with Crippen molar-refractivity contribution in [2.75, 3.05) is 25.6 Å². The van der Waals surface area contributed by atoms with E-state index in [2.05, 4.69) is 15.9 Å². The maximum atomic E-state index is 12.0. The molecule has 0 aliphatic heterocycles. The Morgan fingerprint density at radius 3 is 2.67 bits per heavy atom. The highest BCUT2D eigenvalue weighted by atomic mass is 79.9. The SMILES string of the molecule is CN(C)C(=O)CCCS(=O)c1ccc(Br)cc1N. The first kappa shape index (κ1) is 15.2. The van der Waals surface area contributed by atoms with Crippen LogP contribution in [0.3, 0.4) is 0 Å². The van der Waals surface area contributed by atoms with Crippen LogP contribution in [0, 0.1) is 0 Å². The van der Waals surface area contributed by atoms with Gasteiger partial charge in [-0.15, -0.1) is 0 Å². The third kappa shape index (κ3) is 4.42. The van der Waals surface area contributed by atoms with Crippen LogP contribution in [0.4, 0.5) is 5.69 Å². The van der Waals surface area contributed by atoms with E-state index >= 15 is 0 Å². The molecule has 0 aliphatic rings. The monoisotopic (exact) mass is 332 g/mol. The van der Waals surface area contributed by atoms with Crippen LogP contribution in [0.25, 0.3) is 0 Å². The van der Waals surface area contributed by atoms with Crippen molar-refractivity contribution < 1.29 is 9.00 Å². The minimum absolute atomic E-state index is 0.0516. The molecule has 1 unspecified atom stereocenters. The highest BCUT2D eigenvalue weighted by Crippen LogP contribution is 2.22. The summed E-state index contributed by atoms with van der Waals surface area (Å²) < 4.78 is 12.9. The Morgan fingerprint density at radius 2 is 2.11 bits per heavy atom. The number of carbonyl (C=O) groups excluding carboxylic acids is 1. The van der Waals surface area contributed by atoms with Crippen molar-refractivity contribution in [2.45, 2.75) is 17.7 Å². The van der Waals surface area contributed by atoms with Gasteiger partial charge < -0.3 is 10.6 Å². The van der Waals surface area contributed by atoms with E-state index in [1.165, 1.54) is 4.90 Å². The van der Waals surface area contributed by atoms with Crippen molar-refractivity contribution in [3.05, 3.63) is 22.7 Å². The Labute approximate surface area is 118 Å². The lowest BCUT2D eigenvalue weighted by molar-refractivity contribution is -0.128. The van der Waals surface area contributed by atoms with Crippen molar-refractivity contribution in [1.29, 1.82) is 0 Å². The standard InChI is InChI=1S/C12H17BrN2O2S/c1-15(2)12(16)4-3-7-18(17)11-6-5-9(13)8-10(11)14/h5-6,8H,3-4,7,14H2,1-2H3. The predicted molar refractivity (Wildman–Crippen MR) is 77.8 cm³/mol. The summed E-state index contributed by atoms with van der Waals surface area (Å²) in [6.45, 7) is 0. The summed E-state index contributed by atoms with van der Waals surface area (Å²) in [7, 11) is 2.28. The molecule has 0 aromatic heterocycles. The normalized spacial score (nSPS) is 12.2. The molecule has 1 rings (SSSR count). The quantitative estimate of drug-likeness (QED) is 0.839. The lowest BCUT2D eigenvalue weighted by Crippen LogP contribution is -2.21. The molecule has 100 valence electrons. The number of hydrogen-bond acceptors (Lipinski definition) is 3. The van der Waals surface area contributed by atoms with Crippen LogP contribution in [0.15, 0.2) is 27.6 Å². The van der Waals surface area contributed by atoms with Crippen molar-refractivity contribution in [1.82, 2.24) is 4.90 Å². The van der Waals surface area contributed by atoms with Crippen LogP contribution >= 0.6 is 15.9 Å². The largest absolute Gasteiger partial charge is 0.398 e. The van der Waals surface area contributed by atoms with Crippen LogP contribution in [0.5, 0.6) is 0 Å². The summed E-state index contributed by atoms with van der Waals surface area (Å²) in [5.41, 5.74) is 6.32. The molecule has 1 atom stereocenters. The lowest BCUT2D eigenvalue weighted by atomic mass is 10.3. The minimum atomic E-state index is -1.15. The van der Waals surface area contributed by atoms with Crippen molar-refractivity contribution in [2.24, 2.45) is 0 Å². The fourth-order valence-electron chi connectivity index (χ4n) is 1.41. The third-order valence-electron chi connectivity index (χ3n) is 2.44. The second kappa shape index (κ2) is 6.89. The Morgan fingerprint density at radius 1 is 1.44 bits per heavy atom. The second-order valence-corrected chi connectivity index (χ2v) is 6.58. The van der Waals surface area contributed by atoms with Gasteiger partial charge in [0.15, 0.2) is 0 Å². The van der Waals surface area contributed by atoms with E-state index in [0.717, 1.165) is 4.47 Å². The average molecular weight is 333 g/mol. The van der Waals surface area contributed by atoms with Gasteiger partial charge in [0, 0.05) is 36.4 Å². The maximum absolute atomic E-state index is 12.0. The summed E-state index contributed by atoms with van der Waals surface area (Å²) in [6.07, 6.45) is 1.01. The minimum Gasteiger partial charge on any atom is -0.398 e.